The predicted molar refractivity (Wildman–Crippen MR) is 57.4 cm³/mol. The van der Waals surface area contributed by atoms with Crippen molar-refractivity contribution in [2.24, 2.45) is 0 Å². The Bertz CT molecular complexity index is 345. The molecule has 0 aliphatic carbocycles. The van der Waals surface area contributed by atoms with Gasteiger partial charge in [-0.25, -0.2) is 0 Å². The van der Waals surface area contributed by atoms with Crippen molar-refractivity contribution in [3.8, 4) is 5.75 Å². The smallest absolute Gasteiger partial charge is 0.222 e. The molecule has 1 aromatic rings. The lowest BCUT2D eigenvalue weighted by atomic mass is 10.1. The van der Waals surface area contributed by atoms with Gasteiger partial charge in [0, 0.05) is 19.5 Å². The minimum absolute atomic E-state index is 0.245. The Labute approximate surface area is 89.3 Å². The van der Waals surface area contributed by atoms with Crippen molar-refractivity contribution >= 4 is 5.91 Å². The summed E-state index contributed by atoms with van der Waals surface area (Å²) in [5, 5.41) is 9.13. The molecule has 0 bridgehead atoms. The van der Waals surface area contributed by atoms with Gasteiger partial charge in [0.15, 0.2) is 0 Å². The highest BCUT2D eigenvalue weighted by molar-refractivity contribution is 5.76. The molecule has 15 heavy (non-hydrogen) atoms. The van der Waals surface area contributed by atoms with Gasteiger partial charge >= 0.3 is 0 Å². The van der Waals surface area contributed by atoms with E-state index in [-0.39, 0.29) is 11.7 Å². The SMILES string of the molecule is O=C1CCCCN1Cc1ccc(O)cc1. The lowest BCUT2D eigenvalue weighted by molar-refractivity contribution is -0.133. The molecular weight excluding hydrogens is 190 g/mol. The highest BCUT2D eigenvalue weighted by Crippen LogP contribution is 2.16. The first kappa shape index (κ1) is 10.0. The molecular formula is C12H15NO2. The Balaban J connectivity index is 2.01. The van der Waals surface area contributed by atoms with E-state index in [4.69, 9.17) is 5.11 Å². The molecule has 1 saturated heterocycles. The molecule has 1 aromatic carbocycles. The van der Waals surface area contributed by atoms with E-state index in [9.17, 15) is 4.79 Å². The lowest BCUT2D eigenvalue weighted by Crippen LogP contribution is -2.34. The van der Waals surface area contributed by atoms with E-state index in [1.165, 1.54) is 0 Å². The fraction of sp³-hybridized carbons (Fsp3) is 0.417. The van der Waals surface area contributed by atoms with Crippen LogP contribution in [0.1, 0.15) is 24.8 Å². The van der Waals surface area contributed by atoms with Crippen LogP contribution in [0.15, 0.2) is 24.3 Å². The summed E-state index contributed by atoms with van der Waals surface area (Å²) >= 11 is 0. The second-order valence-electron chi connectivity index (χ2n) is 3.94. The fourth-order valence-corrected chi connectivity index (χ4v) is 1.85. The molecule has 0 spiro atoms. The third-order valence-corrected chi connectivity index (χ3v) is 2.73. The number of hydrogen-bond donors (Lipinski definition) is 1. The zero-order valence-corrected chi connectivity index (χ0v) is 8.65. The number of rotatable bonds is 2. The maximum Gasteiger partial charge on any atom is 0.222 e. The maximum atomic E-state index is 11.5. The summed E-state index contributed by atoms with van der Waals surface area (Å²) in [5.41, 5.74) is 1.07. The van der Waals surface area contributed by atoms with Crippen LogP contribution >= 0.6 is 0 Å². The highest BCUT2D eigenvalue weighted by Gasteiger charge is 2.17. The van der Waals surface area contributed by atoms with Gasteiger partial charge in [-0.15, -0.1) is 0 Å². The Kier molecular flexibility index (Phi) is 2.90. The average Bonchev–Trinajstić information content (AvgIpc) is 2.25. The fourth-order valence-electron chi connectivity index (χ4n) is 1.85. The summed E-state index contributed by atoms with van der Waals surface area (Å²) in [6.07, 6.45) is 2.80. The van der Waals surface area contributed by atoms with Crippen LogP contribution in [0.4, 0.5) is 0 Å². The zero-order chi connectivity index (χ0) is 10.7. The summed E-state index contributed by atoms with van der Waals surface area (Å²) in [6, 6.07) is 7.03. The molecule has 3 nitrogen and oxygen atoms in total. The first-order valence-corrected chi connectivity index (χ1v) is 5.31. The first-order chi connectivity index (χ1) is 7.25. The van der Waals surface area contributed by atoms with Crippen molar-refractivity contribution in [1.29, 1.82) is 0 Å². The average molecular weight is 205 g/mol. The van der Waals surface area contributed by atoms with Crippen molar-refractivity contribution in [3.05, 3.63) is 29.8 Å². The van der Waals surface area contributed by atoms with Crippen LogP contribution in [0.25, 0.3) is 0 Å². The number of likely N-dealkylation sites (tertiary alicyclic amines) is 1. The van der Waals surface area contributed by atoms with Gasteiger partial charge in [0.2, 0.25) is 5.91 Å². The summed E-state index contributed by atoms with van der Waals surface area (Å²) in [6.45, 7) is 1.53. The molecule has 3 heteroatoms. The Morgan fingerprint density at radius 3 is 2.60 bits per heavy atom. The van der Waals surface area contributed by atoms with Gasteiger partial charge in [-0.3, -0.25) is 4.79 Å². The molecule has 0 aromatic heterocycles. The zero-order valence-electron chi connectivity index (χ0n) is 8.65. The summed E-state index contributed by atoms with van der Waals surface area (Å²) < 4.78 is 0. The minimum atomic E-state index is 0.245. The summed E-state index contributed by atoms with van der Waals surface area (Å²) in [7, 11) is 0. The molecule has 1 aliphatic rings. The second-order valence-corrected chi connectivity index (χ2v) is 3.94. The Morgan fingerprint density at radius 2 is 1.93 bits per heavy atom. The van der Waals surface area contributed by atoms with Crippen LogP contribution in [0, 0.1) is 0 Å². The molecule has 0 radical (unpaired) electrons. The number of hydrogen-bond acceptors (Lipinski definition) is 2. The number of nitrogens with zero attached hydrogens (tertiary/aromatic N) is 1. The molecule has 0 unspecified atom stereocenters. The topological polar surface area (TPSA) is 40.5 Å². The van der Waals surface area contributed by atoms with Crippen LogP contribution in [0.5, 0.6) is 5.75 Å². The van der Waals surface area contributed by atoms with Gasteiger partial charge in [0.25, 0.3) is 0 Å². The Morgan fingerprint density at radius 1 is 1.20 bits per heavy atom. The predicted octanol–water partition coefficient (Wildman–Crippen LogP) is 1.90. The lowest BCUT2D eigenvalue weighted by Gasteiger charge is -2.26. The van der Waals surface area contributed by atoms with E-state index in [0.717, 1.165) is 24.9 Å². The number of carbonyl (C=O) groups is 1. The monoisotopic (exact) mass is 205 g/mol. The van der Waals surface area contributed by atoms with E-state index >= 15 is 0 Å². The molecule has 1 N–H and O–H groups in total. The first-order valence-electron chi connectivity index (χ1n) is 5.31. The van der Waals surface area contributed by atoms with E-state index < -0.39 is 0 Å². The van der Waals surface area contributed by atoms with E-state index in [1.807, 2.05) is 17.0 Å². The third-order valence-electron chi connectivity index (χ3n) is 2.73. The quantitative estimate of drug-likeness (QED) is 0.801. The van der Waals surface area contributed by atoms with Crippen molar-refractivity contribution in [1.82, 2.24) is 4.90 Å². The van der Waals surface area contributed by atoms with Crippen LogP contribution in [-0.2, 0) is 11.3 Å². The number of piperidine rings is 1. The normalized spacial score (nSPS) is 16.8. The molecule has 1 heterocycles. The Hall–Kier alpha value is -1.51. The highest BCUT2D eigenvalue weighted by atomic mass is 16.3. The standard InChI is InChI=1S/C12H15NO2/c14-11-6-4-10(5-7-11)9-13-8-2-1-3-12(13)15/h4-7,14H,1-3,8-9H2. The number of carbonyl (C=O) groups excluding carboxylic acids is 1. The van der Waals surface area contributed by atoms with Crippen LogP contribution < -0.4 is 0 Å². The van der Waals surface area contributed by atoms with Crippen molar-refractivity contribution in [2.45, 2.75) is 25.8 Å². The van der Waals surface area contributed by atoms with Crippen LogP contribution in [-0.4, -0.2) is 22.5 Å². The molecule has 0 saturated carbocycles. The number of amides is 1. The van der Waals surface area contributed by atoms with Gasteiger partial charge in [-0.05, 0) is 30.5 Å². The van der Waals surface area contributed by atoms with Crippen LogP contribution in [0.3, 0.4) is 0 Å². The van der Waals surface area contributed by atoms with E-state index in [0.29, 0.717) is 13.0 Å². The second kappa shape index (κ2) is 4.34. The molecule has 0 atom stereocenters. The maximum absolute atomic E-state index is 11.5. The number of benzene rings is 1. The van der Waals surface area contributed by atoms with Crippen molar-refractivity contribution in [2.75, 3.05) is 6.54 Å². The minimum Gasteiger partial charge on any atom is -0.508 e. The van der Waals surface area contributed by atoms with Crippen molar-refractivity contribution < 1.29 is 9.90 Å². The van der Waals surface area contributed by atoms with Crippen molar-refractivity contribution in [3.63, 3.8) is 0 Å². The summed E-state index contributed by atoms with van der Waals surface area (Å²) in [4.78, 5) is 13.4. The summed E-state index contributed by atoms with van der Waals surface area (Å²) in [5.74, 6) is 0.512. The third kappa shape index (κ3) is 2.49. The van der Waals surface area contributed by atoms with Gasteiger partial charge in [-0.1, -0.05) is 12.1 Å². The molecule has 1 fully saturated rings. The largest absolute Gasteiger partial charge is 0.508 e. The van der Waals surface area contributed by atoms with Crippen LogP contribution in [0.2, 0.25) is 0 Å². The van der Waals surface area contributed by atoms with E-state index in [2.05, 4.69) is 0 Å². The molecule has 2 rings (SSSR count). The molecule has 1 aliphatic heterocycles. The van der Waals surface area contributed by atoms with Gasteiger partial charge in [0.1, 0.15) is 5.75 Å². The molecule has 1 amide bonds. The van der Waals surface area contributed by atoms with Gasteiger partial charge in [-0.2, -0.15) is 0 Å². The van der Waals surface area contributed by atoms with Gasteiger partial charge in [0.05, 0.1) is 0 Å². The number of phenols is 1. The number of phenolic OH excluding ortho intramolecular Hbond substituents is 1. The van der Waals surface area contributed by atoms with Gasteiger partial charge < -0.3 is 10.0 Å². The number of aromatic hydroxyl groups is 1. The van der Waals surface area contributed by atoms with E-state index in [1.54, 1.807) is 12.1 Å². The molecule has 80 valence electrons.